The summed E-state index contributed by atoms with van der Waals surface area (Å²) in [6, 6.07) is 10.3. The Hall–Kier alpha value is -2.08. The van der Waals surface area contributed by atoms with Crippen molar-refractivity contribution in [2.24, 2.45) is 11.3 Å². The van der Waals surface area contributed by atoms with Gasteiger partial charge in [0.1, 0.15) is 5.78 Å². The highest BCUT2D eigenvalue weighted by Crippen LogP contribution is 2.38. The van der Waals surface area contributed by atoms with Crippen molar-refractivity contribution in [1.29, 1.82) is 0 Å². The molecule has 0 amide bonds. The third-order valence-electron chi connectivity index (χ3n) is 4.41. The summed E-state index contributed by atoms with van der Waals surface area (Å²) in [6.07, 6.45) is 2.76. The Balaban J connectivity index is 1.53. The fourth-order valence-electron chi connectivity index (χ4n) is 3.27. The molecular formula is C18H20N4OS. The van der Waals surface area contributed by atoms with Gasteiger partial charge in [-0.1, -0.05) is 62.0 Å². The first-order chi connectivity index (χ1) is 11.5. The van der Waals surface area contributed by atoms with Gasteiger partial charge in [0.15, 0.2) is 0 Å². The molecule has 1 aliphatic heterocycles. The third-order valence-corrected chi connectivity index (χ3v) is 5.32. The van der Waals surface area contributed by atoms with Crippen LogP contribution in [0, 0.1) is 11.3 Å². The predicted octanol–water partition coefficient (Wildman–Crippen LogP) is 3.50. The van der Waals surface area contributed by atoms with E-state index in [9.17, 15) is 4.79 Å². The van der Waals surface area contributed by atoms with Crippen LogP contribution in [0.4, 0.5) is 5.95 Å². The van der Waals surface area contributed by atoms with Crippen LogP contribution in [0.15, 0.2) is 47.3 Å². The number of hydrogen-bond acceptors (Lipinski definition) is 5. The lowest BCUT2D eigenvalue weighted by atomic mass is 9.75. The molecule has 0 fully saturated rings. The Morgan fingerprint density at radius 2 is 2.12 bits per heavy atom. The zero-order valence-electron chi connectivity index (χ0n) is 13.8. The van der Waals surface area contributed by atoms with Crippen molar-refractivity contribution < 1.29 is 4.79 Å². The molecule has 0 bridgehead atoms. The molecule has 1 aromatic heterocycles. The highest BCUT2D eigenvalue weighted by atomic mass is 32.2. The van der Waals surface area contributed by atoms with E-state index in [4.69, 9.17) is 0 Å². The number of anilines is 1. The minimum Gasteiger partial charge on any atom is -0.328 e. The van der Waals surface area contributed by atoms with Gasteiger partial charge in [0.05, 0.1) is 12.5 Å². The fourth-order valence-corrected chi connectivity index (χ4v) is 4.06. The Kier molecular flexibility index (Phi) is 3.72. The van der Waals surface area contributed by atoms with Crippen LogP contribution in [0.25, 0.3) is 0 Å². The van der Waals surface area contributed by atoms with Gasteiger partial charge in [-0.25, -0.2) is 4.68 Å². The largest absolute Gasteiger partial charge is 0.328 e. The van der Waals surface area contributed by atoms with Crippen LogP contribution in [0.1, 0.15) is 25.8 Å². The van der Waals surface area contributed by atoms with Crippen LogP contribution in [0.5, 0.6) is 0 Å². The zero-order chi connectivity index (χ0) is 16.7. The van der Waals surface area contributed by atoms with Gasteiger partial charge in [-0.3, -0.25) is 4.79 Å². The average molecular weight is 340 g/mol. The van der Waals surface area contributed by atoms with Crippen LogP contribution in [-0.4, -0.2) is 20.5 Å². The second-order valence-electron chi connectivity index (χ2n) is 7.08. The van der Waals surface area contributed by atoms with Crippen molar-refractivity contribution in [3.63, 3.8) is 0 Å². The lowest BCUT2D eigenvalue weighted by molar-refractivity contribution is -0.124. The summed E-state index contributed by atoms with van der Waals surface area (Å²) < 4.78 is 1.82. The lowest BCUT2D eigenvalue weighted by Crippen LogP contribution is -2.38. The minimum absolute atomic E-state index is 0.0942. The number of carbonyl (C=O) groups excluding carboxylic acids is 1. The normalized spacial score (nSPS) is 21.5. The molecule has 24 heavy (non-hydrogen) atoms. The highest BCUT2D eigenvalue weighted by molar-refractivity contribution is 7.98. The van der Waals surface area contributed by atoms with E-state index in [0.29, 0.717) is 13.0 Å². The second-order valence-corrected chi connectivity index (χ2v) is 8.03. The van der Waals surface area contributed by atoms with Gasteiger partial charge in [-0.2, -0.15) is 4.98 Å². The monoisotopic (exact) mass is 340 g/mol. The maximum atomic E-state index is 12.4. The van der Waals surface area contributed by atoms with Crippen LogP contribution < -0.4 is 5.32 Å². The minimum atomic E-state index is -0.112. The molecule has 0 radical (unpaired) electrons. The number of benzene rings is 1. The van der Waals surface area contributed by atoms with Crippen molar-refractivity contribution in [1.82, 2.24) is 14.8 Å². The van der Waals surface area contributed by atoms with Crippen LogP contribution in [0.2, 0.25) is 0 Å². The Morgan fingerprint density at radius 1 is 1.33 bits per heavy atom. The molecule has 4 rings (SSSR count). The first kappa shape index (κ1) is 15.4. The molecular weight excluding hydrogens is 320 g/mol. The topological polar surface area (TPSA) is 59.8 Å². The number of thioether (sulfide) groups is 1. The SMILES string of the molecule is CC1(C)C=C2Nc3nc(SCc4ccccc4)nn3CC2C(=O)C1. The molecule has 6 heteroatoms. The van der Waals surface area contributed by atoms with Gasteiger partial charge in [0, 0.05) is 17.9 Å². The summed E-state index contributed by atoms with van der Waals surface area (Å²) in [4.78, 5) is 17.0. The van der Waals surface area contributed by atoms with E-state index in [1.165, 1.54) is 5.56 Å². The summed E-state index contributed by atoms with van der Waals surface area (Å²) in [5.74, 6) is 1.74. The average Bonchev–Trinajstić information content (AvgIpc) is 2.93. The van der Waals surface area contributed by atoms with E-state index >= 15 is 0 Å². The number of Topliss-reactive ketones (excluding diaryl/α,β-unsaturated/α-hetero) is 1. The molecule has 2 heterocycles. The van der Waals surface area contributed by atoms with Crippen molar-refractivity contribution in [2.75, 3.05) is 5.32 Å². The molecule has 0 saturated heterocycles. The Morgan fingerprint density at radius 3 is 2.92 bits per heavy atom. The lowest BCUT2D eigenvalue weighted by Gasteiger charge is -2.35. The zero-order valence-corrected chi connectivity index (χ0v) is 14.6. The molecule has 2 aromatic rings. The number of hydrogen-bond donors (Lipinski definition) is 1. The van der Waals surface area contributed by atoms with Crippen LogP contribution >= 0.6 is 11.8 Å². The van der Waals surface area contributed by atoms with E-state index < -0.39 is 0 Å². The van der Waals surface area contributed by atoms with Crippen molar-refractivity contribution in [3.8, 4) is 0 Å². The highest BCUT2D eigenvalue weighted by Gasteiger charge is 2.38. The first-order valence-corrected chi connectivity index (χ1v) is 9.13. The molecule has 1 unspecified atom stereocenters. The van der Waals surface area contributed by atoms with E-state index in [-0.39, 0.29) is 17.1 Å². The summed E-state index contributed by atoms with van der Waals surface area (Å²) in [7, 11) is 0. The number of nitrogens with one attached hydrogen (secondary N) is 1. The summed E-state index contributed by atoms with van der Waals surface area (Å²) in [6.45, 7) is 4.77. The molecule has 1 N–H and O–H groups in total. The maximum absolute atomic E-state index is 12.4. The van der Waals surface area contributed by atoms with Crippen molar-refractivity contribution in [2.45, 2.75) is 37.7 Å². The molecule has 1 aromatic carbocycles. The van der Waals surface area contributed by atoms with Gasteiger partial charge in [-0.05, 0) is 11.0 Å². The number of ketones is 1. The fraction of sp³-hybridized carbons (Fsp3) is 0.389. The number of carbonyl (C=O) groups is 1. The first-order valence-electron chi connectivity index (χ1n) is 8.14. The van der Waals surface area contributed by atoms with E-state index in [0.717, 1.165) is 22.6 Å². The van der Waals surface area contributed by atoms with Crippen LogP contribution in [-0.2, 0) is 17.1 Å². The molecule has 1 aliphatic carbocycles. The maximum Gasteiger partial charge on any atom is 0.226 e. The summed E-state index contributed by atoms with van der Waals surface area (Å²) >= 11 is 1.61. The smallest absolute Gasteiger partial charge is 0.226 e. The number of fused-ring (bicyclic) bond motifs is 2. The molecule has 5 nitrogen and oxygen atoms in total. The molecule has 1 atom stereocenters. The van der Waals surface area contributed by atoms with Gasteiger partial charge >= 0.3 is 0 Å². The van der Waals surface area contributed by atoms with Gasteiger partial charge in [0.25, 0.3) is 0 Å². The number of aromatic nitrogens is 3. The van der Waals surface area contributed by atoms with Crippen molar-refractivity contribution >= 4 is 23.5 Å². The molecule has 0 saturated carbocycles. The molecule has 2 aliphatic rings. The van der Waals surface area contributed by atoms with E-state index in [1.54, 1.807) is 11.8 Å². The van der Waals surface area contributed by atoms with Crippen LogP contribution in [0.3, 0.4) is 0 Å². The van der Waals surface area contributed by atoms with E-state index in [1.807, 2.05) is 22.9 Å². The number of nitrogens with zero attached hydrogens (tertiary/aromatic N) is 3. The van der Waals surface area contributed by atoms with Gasteiger partial charge in [-0.15, -0.1) is 5.10 Å². The molecule has 0 spiro atoms. The van der Waals surface area contributed by atoms with E-state index in [2.05, 4.69) is 47.5 Å². The predicted molar refractivity (Wildman–Crippen MR) is 94.6 cm³/mol. The second kappa shape index (κ2) is 5.77. The van der Waals surface area contributed by atoms with Crippen molar-refractivity contribution in [3.05, 3.63) is 47.7 Å². The number of allylic oxidation sites excluding steroid dienone is 2. The quantitative estimate of drug-likeness (QED) is 0.867. The Bertz CT molecular complexity index is 810. The summed E-state index contributed by atoms with van der Waals surface area (Å²) in [5, 5.41) is 8.62. The summed E-state index contributed by atoms with van der Waals surface area (Å²) in [5.41, 5.74) is 2.13. The van der Waals surface area contributed by atoms with Gasteiger partial charge in [0.2, 0.25) is 11.1 Å². The number of rotatable bonds is 3. The van der Waals surface area contributed by atoms with Gasteiger partial charge < -0.3 is 5.32 Å². The standard InChI is InChI=1S/C18H20N4OS/c1-18(2)8-14-13(15(23)9-18)10-22-16(19-14)20-17(21-22)24-11-12-6-4-3-5-7-12/h3-8,13H,9-11H2,1-2H3,(H,19,20,21). The molecule has 124 valence electrons. The Labute approximate surface area is 145 Å². The third kappa shape index (κ3) is 2.98.